The molecule has 1 saturated heterocycles. The predicted octanol–water partition coefficient (Wildman–Crippen LogP) is 2.66. The molecule has 1 aromatic heterocycles. The number of nitrogens with one attached hydrogen (secondary N) is 1. The van der Waals surface area contributed by atoms with Crippen LogP contribution in [-0.4, -0.2) is 28.0 Å². The molecule has 0 spiro atoms. The molecule has 17 heavy (non-hydrogen) atoms. The largest absolute Gasteiger partial charge is 0.433 e. The Morgan fingerprint density at radius 1 is 1.47 bits per heavy atom. The zero-order chi connectivity index (χ0) is 12.3. The number of anilines is 1. The quantitative estimate of drug-likeness (QED) is 0.909. The normalized spacial score (nSPS) is 20.5. The van der Waals surface area contributed by atoms with Crippen molar-refractivity contribution in [3.8, 4) is 0 Å². The molecular weight excluding hydrogens is 251 g/mol. The van der Waals surface area contributed by atoms with E-state index in [1.165, 1.54) is 0 Å². The summed E-state index contributed by atoms with van der Waals surface area (Å²) in [6, 6.07) is 0.872. The maximum atomic E-state index is 12.4. The molecule has 1 aliphatic heterocycles. The van der Waals surface area contributed by atoms with Gasteiger partial charge in [0.2, 0.25) is 5.95 Å². The van der Waals surface area contributed by atoms with Gasteiger partial charge in [-0.3, -0.25) is 0 Å². The van der Waals surface area contributed by atoms with Crippen LogP contribution in [0.4, 0.5) is 19.1 Å². The van der Waals surface area contributed by atoms with Crippen LogP contribution in [0.2, 0.25) is 0 Å². The van der Waals surface area contributed by atoms with E-state index in [4.69, 9.17) is 0 Å². The van der Waals surface area contributed by atoms with Gasteiger partial charge in [-0.1, -0.05) is 0 Å². The molecular formula is C10H12F3N3S. The Bertz CT molecular complexity index is 377. The van der Waals surface area contributed by atoms with Gasteiger partial charge in [0, 0.05) is 12.7 Å². The summed E-state index contributed by atoms with van der Waals surface area (Å²) < 4.78 is 37.2. The lowest BCUT2D eigenvalue weighted by Gasteiger charge is -2.11. The average Bonchev–Trinajstić information content (AvgIpc) is 2.78. The molecule has 1 fully saturated rings. The van der Waals surface area contributed by atoms with Gasteiger partial charge in [-0.2, -0.15) is 24.9 Å². The summed E-state index contributed by atoms with van der Waals surface area (Å²) >= 11 is 1.86. The van der Waals surface area contributed by atoms with Gasteiger partial charge in [-0.25, -0.2) is 9.97 Å². The predicted molar refractivity (Wildman–Crippen MR) is 61.0 cm³/mol. The van der Waals surface area contributed by atoms with E-state index in [-0.39, 0.29) is 5.95 Å². The lowest BCUT2D eigenvalue weighted by atomic mass is 10.1. The van der Waals surface area contributed by atoms with Gasteiger partial charge >= 0.3 is 6.18 Å². The zero-order valence-electron chi connectivity index (χ0n) is 9.00. The molecule has 94 valence electrons. The van der Waals surface area contributed by atoms with E-state index in [9.17, 15) is 13.2 Å². The van der Waals surface area contributed by atoms with Gasteiger partial charge in [0.05, 0.1) is 0 Å². The summed E-state index contributed by atoms with van der Waals surface area (Å²) in [5.74, 6) is 2.72. The lowest BCUT2D eigenvalue weighted by Crippen LogP contribution is -2.17. The van der Waals surface area contributed by atoms with Crippen LogP contribution in [0.1, 0.15) is 12.1 Å². The van der Waals surface area contributed by atoms with Crippen molar-refractivity contribution < 1.29 is 13.2 Å². The summed E-state index contributed by atoms with van der Waals surface area (Å²) in [5, 5.41) is 2.86. The summed E-state index contributed by atoms with van der Waals surface area (Å²) in [6.45, 7) is 0.633. The lowest BCUT2D eigenvalue weighted by molar-refractivity contribution is -0.141. The minimum absolute atomic E-state index is 0.0525. The van der Waals surface area contributed by atoms with Gasteiger partial charge in [0.15, 0.2) is 0 Å². The van der Waals surface area contributed by atoms with E-state index in [1.54, 1.807) is 0 Å². The summed E-state index contributed by atoms with van der Waals surface area (Å²) in [4.78, 5) is 7.24. The van der Waals surface area contributed by atoms with Crippen LogP contribution in [0.15, 0.2) is 12.3 Å². The van der Waals surface area contributed by atoms with Crippen molar-refractivity contribution in [2.45, 2.75) is 12.6 Å². The Hall–Kier alpha value is -0.980. The number of rotatable bonds is 3. The number of aromatic nitrogens is 2. The Balaban J connectivity index is 1.96. The highest BCUT2D eigenvalue weighted by atomic mass is 32.2. The molecule has 2 rings (SSSR count). The van der Waals surface area contributed by atoms with Gasteiger partial charge in [-0.05, 0) is 29.9 Å². The molecule has 1 aromatic rings. The Morgan fingerprint density at radius 2 is 2.29 bits per heavy atom. The fourth-order valence-electron chi connectivity index (χ4n) is 1.58. The first kappa shape index (κ1) is 12.5. The molecule has 1 aliphatic rings. The molecule has 0 amide bonds. The van der Waals surface area contributed by atoms with E-state index in [2.05, 4.69) is 15.3 Å². The SMILES string of the molecule is FC(F)(F)c1ccnc(NCC2CCSC2)n1. The van der Waals surface area contributed by atoms with E-state index in [0.29, 0.717) is 12.5 Å². The highest BCUT2D eigenvalue weighted by molar-refractivity contribution is 7.99. The number of thioether (sulfide) groups is 1. The van der Waals surface area contributed by atoms with Crippen LogP contribution in [0.3, 0.4) is 0 Å². The molecule has 7 heteroatoms. The highest BCUT2D eigenvalue weighted by Crippen LogP contribution is 2.28. The maximum absolute atomic E-state index is 12.4. The summed E-state index contributed by atoms with van der Waals surface area (Å²) in [6.07, 6.45) is -2.19. The van der Waals surface area contributed by atoms with Crippen molar-refractivity contribution in [1.29, 1.82) is 0 Å². The third-order valence-electron chi connectivity index (χ3n) is 2.52. The van der Waals surface area contributed by atoms with Gasteiger partial charge in [-0.15, -0.1) is 0 Å². The van der Waals surface area contributed by atoms with Crippen LogP contribution in [0.5, 0.6) is 0 Å². The second-order valence-electron chi connectivity index (χ2n) is 3.87. The van der Waals surface area contributed by atoms with Crippen molar-refractivity contribution in [2.75, 3.05) is 23.4 Å². The molecule has 1 unspecified atom stereocenters. The first-order valence-electron chi connectivity index (χ1n) is 5.27. The Labute approximate surface area is 101 Å². The van der Waals surface area contributed by atoms with Crippen molar-refractivity contribution in [3.05, 3.63) is 18.0 Å². The maximum Gasteiger partial charge on any atom is 0.433 e. The van der Waals surface area contributed by atoms with Crippen molar-refractivity contribution in [3.63, 3.8) is 0 Å². The van der Waals surface area contributed by atoms with E-state index >= 15 is 0 Å². The fraction of sp³-hybridized carbons (Fsp3) is 0.600. The van der Waals surface area contributed by atoms with Crippen LogP contribution < -0.4 is 5.32 Å². The van der Waals surface area contributed by atoms with E-state index < -0.39 is 11.9 Å². The zero-order valence-corrected chi connectivity index (χ0v) is 9.81. The topological polar surface area (TPSA) is 37.8 Å². The number of nitrogens with zero attached hydrogens (tertiary/aromatic N) is 2. The second-order valence-corrected chi connectivity index (χ2v) is 5.02. The first-order chi connectivity index (χ1) is 8.05. The first-order valence-corrected chi connectivity index (χ1v) is 6.43. The van der Waals surface area contributed by atoms with Crippen LogP contribution in [-0.2, 0) is 6.18 Å². The average molecular weight is 263 g/mol. The molecule has 0 aromatic carbocycles. The van der Waals surface area contributed by atoms with Crippen LogP contribution in [0, 0.1) is 5.92 Å². The van der Waals surface area contributed by atoms with Crippen LogP contribution in [0.25, 0.3) is 0 Å². The Kier molecular flexibility index (Phi) is 3.76. The van der Waals surface area contributed by atoms with E-state index in [0.717, 1.165) is 30.2 Å². The second kappa shape index (κ2) is 5.12. The number of hydrogen-bond donors (Lipinski definition) is 1. The summed E-state index contributed by atoms with van der Waals surface area (Å²) in [7, 11) is 0. The minimum atomic E-state index is -4.41. The molecule has 3 nitrogen and oxygen atoms in total. The highest BCUT2D eigenvalue weighted by Gasteiger charge is 2.32. The molecule has 0 saturated carbocycles. The van der Waals surface area contributed by atoms with Gasteiger partial charge in [0.25, 0.3) is 0 Å². The van der Waals surface area contributed by atoms with E-state index in [1.807, 2.05) is 11.8 Å². The minimum Gasteiger partial charge on any atom is -0.354 e. The van der Waals surface area contributed by atoms with Crippen molar-refractivity contribution >= 4 is 17.7 Å². The van der Waals surface area contributed by atoms with Crippen molar-refractivity contribution in [2.24, 2.45) is 5.92 Å². The molecule has 1 atom stereocenters. The molecule has 1 N–H and O–H groups in total. The van der Waals surface area contributed by atoms with Crippen molar-refractivity contribution in [1.82, 2.24) is 9.97 Å². The molecule has 0 bridgehead atoms. The Morgan fingerprint density at radius 3 is 2.94 bits per heavy atom. The molecule has 2 heterocycles. The summed E-state index contributed by atoms with van der Waals surface area (Å²) in [5.41, 5.74) is -0.907. The van der Waals surface area contributed by atoms with Gasteiger partial charge < -0.3 is 5.32 Å². The monoisotopic (exact) mass is 263 g/mol. The third kappa shape index (κ3) is 3.49. The number of halogens is 3. The van der Waals surface area contributed by atoms with Crippen LogP contribution >= 0.6 is 11.8 Å². The smallest absolute Gasteiger partial charge is 0.354 e. The molecule has 0 aliphatic carbocycles. The molecule has 0 radical (unpaired) electrons. The standard InChI is InChI=1S/C10H12F3N3S/c11-10(12,13)8-1-3-14-9(16-8)15-5-7-2-4-17-6-7/h1,3,7H,2,4-6H2,(H,14,15,16). The number of hydrogen-bond acceptors (Lipinski definition) is 4. The van der Waals surface area contributed by atoms with Gasteiger partial charge in [0.1, 0.15) is 5.69 Å². The fourth-order valence-corrected chi connectivity index (χ4v) is 2.87. The number of alkyl halides is 3. The third-order valence-corrected chi connectivity index (χ3v) is 3.75.